The van der Waals surface area contributed by atoms with E-state index < -0.39 is 0 Å². The van der Waals surface area contributed by atoms with Crippen LogP contribution < -0.4 is 0 Å². The predicted octanol–water partition coefficient (Wildman–Crippen LogP) is 3.35. The van der Waals surface area contributed by atoms with Crippen LogP contribution in [0.25, 0.3) is 6.08 Å². The Labute approximate surface area is 95.2 Å². The van der Waals surface area contributed by atoms with Gasteiger partial charge >= 0.3 is 0 Å². The van der Waals surface area contributed by atoms with Crippen LogP contribution in [0.1, 0.15) is 22.8 Å². The van der Waals surface area contributed by atoms with Gasteiger partial charge in [-0.2, -0.15) is 0 Å². The van der Waals surface area contributed by atoms with E-state index in [4.69, 9.17) is 0 Å². The first-order valence-corrected chi connectivity index (χ1v) is 5.02. The molecule has 2 nitrogen and oxygen atoms in total. The van der Waals surface area contributed by atoms with Gasteiger partial charge in [-0.15, -0.1) is 0 Å². The van der Waals surface area contributed by atoms with E-state index in [0.29, 0.717) is 17.4 Å². The summed E-state index contributed by atoms with van der Waals surface area (Å²) in [5, 5.41) is 9.44. The van der Waals surface area contributed by atoms with E-state index >= 15 is 0 Å². The van der Waals surface area contributed by atoms with Crippen LogP contribution in [0.5, 0.6) is 5.75 Å². The number of carbonyl (C=O) groups is 1. The normalized spacial score (nSPS) is 11.8. The van der Waals surface area contributed by atoms with Crippen molar-refractivity contribution >= 4 is 12.4 Å². The lowest BCUT2D eigenvalue weighted by Gasteiger charge is -2.00. The monoisotopic (exact) mass is 214 g/mol. The molecule has 0 bridgehead atoms. The molecule has 0 radical (unpaired) electrons. The lowest BCUT2D eigenvalue weighted by atomic mass is 10.1. The van der Waals surface area contributed by atoms with Crippen molar-refractivity contribution in [2.75, 3.05) is 0 Å². The third-order valence-electron chi connectivity index (χ3n) is 2.04. The average Bonchev–Trinajstić information content (AvgIpc) is 2.29. The molecule has 0 aromatic heterocycles. The molecule has 1 aromatic carbocycles. The first-order valence-electron chi connectivity index (χ1n) is 5.02. The van der Waals surface area contributed by atoms with Crippen molar-refractivity contribution < 1.29 is 9.90 Å². The number of phenols is 1. The molecule has 1 N–H and O–H groups in total. The maximum Gasteiger partial charge on any atom is 0.154 e. The molecule has 0 spiro atoms. The van der Waals surface area contributed by atoms with Gasteiger partial charge in [0.15, 0.2) is 6.29 Å². The summed E-state index contributed by atoms with van der Waals surface area (Å²) in [6.45, 7) is 1.94. The third kappa shape index (κ3) is 3.24. The van der Waals surface area contributed by atoms with Gasteiger partial charge in [-0.05, 0) is 18.6 Å². The highest BCUT2D eigenvalue weighted by Crippen LogP contribution is 2.19. The zero-order chi connectivity index (χ0) is 11.8. The van der Waals surface area contributed by atoms with Gasteiger partial charge in [0.2, 0.25) is 0 Å². The molecule has 2 heteroatoms. The molecule has 0 aliphatic carbocycles. The Balaban J connectivity index is 2.88. The smallest absolute Gasteiger partial charge is 0.154 e. The Morgan fingerprint density at radius 1 is 1.12 bits per heavy atom. The molecule has 0 saturated heterocycles. The Morgan fingerprint density at radius 2 is 1.88 bits per heavy atom. The summed E-state index contributed by atoms with van der Waals surface area (Å²) in [5.41, 5.74) is 1.03. The van der Waals surface area contributed by atoms with Crippen LogP contribution in [-0.2, 0) is 0 Å². The van der Waals surface area contributed by atoms with Gasteiger partial charge < -0.3 is 5.11 Å². The molecule has 16 heavy (non-hydrogen) atoms. The Morgan fingerprint density at radius 3 is 2.56 bits per heavy atom. The zero-order valence-corrected chi connectivity index (χ0v) is 9.13. The molecule has 0 amide bonds. The lowest BCUT2D eigenvalue weighted by Crippen LogP contribution is -1.85. The van der Waals surface area contributed by atoms with Gasteiger partial charge in [-0.1, -0.05) is 48.6 Å². The lowest BCUT2D eigenvalue weighted by molar-refractivity contribution is 0.112. The molecule has 0 aliphatic rings. The topological polar surface area (TPSA) is 37.3 Å². The van der Waals surface area contributed by atoms with E-state index in [1.165, 1.54) is 6.07 Å². The number of hydrogen-bond acceptors (Lipinski definition) is 2. The Bertz CT molecular complexity index is 440. The van der Waals surface area contributed by atoms with Crippen molar-refractivity contribution in [1.29, 1.82) is 0 Å². The van der Waals surface area contributed by atoms with Crippen LogP contribution in [0, 0.1) is 0 Å². The maximum absolute atomic E-state index is 10.8. The molecular weight excluding hydrogens is 200 g/mol. The van der Waals surface area contributed by atoms with Crippen LogP contribution >= 0.6 is 0 Å². The highest BCUT2D eigenvalue weighted by atomic mass is 16.3. The first kappa shape index (κ1) is 12.0. The van der Waals surface area contributed by atoms with Gasteiger partial charge in [0.05, 0.1) is 5.56 Å². The van der Waals surface area contributed by atoms with Gasteiger partial charge in [-0.3, -0.25) is 4.79 Å². The Hall–Kier alpha value is -2.09. The number of aromatic hydroxyl groups is 1. The minimum atomic E-state index is 0.00887. The minimum Gasteiger partial charge on any atom is -0.507 e. The molecular formula is C14H14O2. The van der Waals surface area contributed by atoms with Gasteiger partial charge in [-0.25, -0.2) is 0 Å². The van der Waals surface area contributed by atoms with Crippen LogP contribution in [0.15, 0.2) is 48.6 Å². The van der Waals surface area contributed by atoms with E-state index in [0.717, 1.165) is 0 Å². The molecule has 0 atom stereocenters. The van der Waals surface area contributed by atoms with Crippen molar-refractivity contribution in [3.8, 4) is 5.75 Å². The van der Waals surface area contributed by atoms with Gasteiger partial charge in [0.25, 0.3) is 0 Å². The van der Waals surface area contributed by atoms with Crippen molar-refractivity contribution in [3.63, 3.8) is 0 Å². The fraction of sp³-hybridized carbons (Fsp3) is 0.0714. The van der Waals surface area contributed by atoms with Crippen molar-refractivity contribution in [2.45, 2.75) is 6.92 Å². The highest BCUT2D eigenvalue weighted by Gasteiger charge is 2.02. The second-order valence-corrected chi connectivity index (χ2v) is 3.17. The maximum atomic E-state index is 10.8. The van der Waals surface area contributed by atoms with E-state index in [-0.39, 0.29) is 5.75 Å². The fourth-order valence-electron chi connectivity index (χ4n) is 1.24. The van der Waals surface area contributed by atoms with Gasteiger partial charge in [0, 0.05) is 0 Å². The zero-order valence-electron chi connectivity index (χ0n) is 9.13. The number of aldehydes is 1. The van der Waals surface area contributed by atoms with Crippen LogP contribution in [0.4, 0.5) is 0 Å². The van der Waals surface area contributed by atoms with Crippen molar-refractivity contribution in [3.05, 3.63) is 59.7 Å². The van der Waals surface area contributed by atoms with Crippen molar-refractivity contribution in [1.82, 2.24) is 0 Å². The molecule has 0 unspecified atom stereocenters. The first-order chi connectivity index (χ1) is 7.79. The van der Waals surface area contributed by atoms with Crippen LogP contribution in [-0.4, -0.2) is 11.4 Å². The second-order valence-electron chi connectivity index (χ2n) is 3.17. The quantitative estimate of drug-likeness (QED) is 0.616. The van der Waals surface area contributed by atoms with Gasteiger partial charge in [0.1, 0.15) is 5.75 Å². The standard InChI is InChI=1S/C14H14O2/c1-2-3-4-5-6-8-12-9-7-10-14(16)13(12)11-15/h2-11,16H,1H3/b3-2+,5-4+,8-6+. The molecule has 1 aromatic rings. The summed E-state index contributed by atoms with van der Waals surface area (Å²) in [5.74, 6) is 0.00887. The molecule has 0 fully saturated rings. The number of carbonyl (C=O) groups excluding carboxylic acids is 1. The second kappa shape index (κ2) is 6.40. The summed E-state index contributed by atoms with van der Waals surface area (Å²) < 4.78 is 0. The minimum absolute atomic E-state index is 0.00887. The average molecular weight is 214 g/mol. The number of rotatable bonds is 4. The van der Waals surface area contributed by atoms with E-state index in [1.807, 2.05) is 37.3 Å². The largest absolute Gasteiger partial charge is 0.507 e. The highest BCUT2D eigenvalue weighted by molar-refractivity contribution is 5.85. The van der Waals surface area contributed by atoms with Crippen LogP contribution in [0.2, 0.25) is 0 Å². The van der Waals surface area contributed by atoms with Crippen molar-refractivity contribution in [2.24, 2.45) is 0 Å². The fourth-order valence-corrected chi connectivity index (χ4v) is 1.24. The van der Waals surface area contributed by atoms with Crippen LogP contribution in [0.3, 0.4) is 0 Å². The molecule has 0 heterocycles. The summed E-state index contributed by atoms with van der Waals surface area (Å²) in [6, 6.07) is 4.98. The number of benzene rings is 1. The third-order valence-corrected chi connectivity index (χ3v) is 2.04. The van der Waals surface area contributed by atoms with E-state index in [2.05, 4.69) is 0 Å². The number of hydrogen-bond donors (Lipinski definition) is 1. The predicted molar refractivity (Wildman–Crippen MR) is 66.5 cm³/mol. The number of phenolic OH excluding ortho intramolecular Hbond substituents is 1. The van der Waals surface area contributed by atoms with E-state index in [1.54, 1.807) is 18.2 Å². The van der Waals surface area contributed by atoms with E-state index in [9.17, 15) is 9.90 Å². The summed E-state index contributed by atoms with van der Waals surface area (Å²) in [4.78, 5) is 10.8. The molecule has 82 valence electrons. The SMILES string of the molecule is C/C=C/C=C/C=C/c1cccc(O)c1C=O. The molecule has 0 aliphatic heterocycles. The Kier molecular flexibility index (Phi) is 4.80. The molecule has 1 rings (SSSR count). The summed E-state index contributed by atoms with van der Waals surface area (Å²) in [6.07, 6.45) is 11.8. The summed E-state index contributed by atoms with van der Waals surface area (Å²) >= 11 is 0. The summed E-state index contributed by atoms with van der Waals surface area (Å²) in [7, 11) is 0. The molecule has 0 saturated carbocycles. The number of allylic oxidation sites excluding steroid dienone is 5.